The number of halogens is 1. The quantitative estimate of drug-likeness (QED) is 0.632. The minimum Gasteiger partial charge on any atom is -0.377 e. The lowest BCUT2D eigenvalue weighted by atomic mass is 9.94. The predicted octanol–water partition coefficient (Wildman–Crippen LogP) is 1.34. The van der Waals surface area contributed by atoms with Gasteiger partial charge >= 0.3 is 0 Å². The molecule has 0 saturated heterocycles. The molecule has 0 atom stereocenters. The van der Waals surface area contributed by atoms with Crippen LogP contribution in [0, 0.1) is 6.92 Å². The SMILES string of the molecule is [B]c1cnc2c(c1)CN(c1nc(COC)nc(Cl)c1C)CC2. The van der Waals surface area contributed by atoms with Gasteiger partial charge < -0.3 is 9.64 Å². The Kier molecular flexibility index (Phi) is 4.31. The van der Waals surface area contributed by atoms with Crippen molar-refractivity contribution in [2.24, 2.45) is 0 Å². The maximum absolute atomic E-state index is 6.23. The molecule has 0 bridgehead atoms. The molecule has 1 aliphatic heterocycles. The smallest absolute Gasteiger partial charge is 0.158 e. The molecule has 0 N–H and O–H groups in total. The summed E-state index contributed by atoms with van der Waals surface area (Å²) in [6.07, 6.45) is 2.56. The molecule has 0 saturated carbocycles. The molecule has 0 spiro atoms. The van der Waals surface area contributed by atoms with Crippen LogP contribution in [0.15, 0.2) is 12.3 Å². The molecule has 0 unspecified atom stereocenters. The van der Waals surface area contributed by atoms with Crippen molar-refractivity contribution < 1.29 is 4.74 Å². The van der Waals surface area contributed by atoms with Gasteiger partial charge in [-0.25, -0.2) is 9.97 Å². The van der Waals surface area contributed by atoms with Gasteiger partial charge in [-0.1, -0.05) is 23.1 Å². The Morgan fingerprint density at radius 1 is 1.41 bits per heavy atom. The van der Waals surface area contributed by atoms with Gasteiger partial charge in [0.15, 0.2) is 5.82 Å². The van der Waals surface area contributed by atoms with Gasteiger partial charge in [-0.05, 0) is 12.5 Å². The number of methoxy groups -OCH3 is 1. The molecular formula is C15H16BClN4O. The van der Waals surface area contributed by atoms with E-state index in [1.54, 1.807) is 13.3 Å². The molecular weight excluding hydrogens is 298 g/mol. The lowest BCUT2D eigenvalue weighted by Gasteiger charge is -2.30. The molecule has 2 radical (unpaired) electrons. The minimum atomic E-state index is 0.339. The highest BCUT2D eigenvalue weighted by atomic mass is 35.5. The summed E-state index contributed by atoms with van der Waals surface area (Å²) in [6, 6.07) is 1.97. The minimum absolute atomic E-state index is 0.339. The Morgan fingerprint density at radius 2 is 2.23 bits per heavy atom. The highest BCUT2D eigenvalue weighted by Gasteiger charge is 2.22. The first-order valence-corrected chi connectivity index (χ1v) is 7.46. The number of nitrogens with zero attached hydrogens (tertiary/aromatic N) is 4. The Labute approximate surface area is 136 Å². The van der Waals surface area contributed by atoms with E-state index in [2.05, 4.69) is 19.9 Å². The third-order valence-corrected chi connectivity index (χ3v) is 4.11. The third kappa shape index (κ3) is 2.94. The maximum atomic E-state index is 6.23. The van der Waals surface area contributed by atoms with E-state index in [0.717, 1.165) is 35.6 Å². The van der Waals surface area contributed by atoms with Gasteiger partial charge in [0.25, 0.3) is 0 Å². The van der Waals surface area contributed by atoms with Crippen LogP contribution in [0.2, 0.25) is 5.15 Å². The number of aromatic nitrogens is 3. The summed E-state index contributed by atoms with van der Waals surface area (Å²) >= 11 is 6.23. The van der Waals surface area contributed by atoms with Crippen LogP contribution in [-0.2, 0) is 24.3 Å². The number of hydrogen-bond donors (Lipinski definition) is 0. The molecule has 7 heteroatoms. The van der Waals surface area contributed by atoms with Crippen LogP contribution in [0.3, 0.4) is 0 Å². The highest BCUT2D eigenvalue weighted by molar-refractivity contribution is 6.32. The molecule has 112 valence electrons. The largest absolute Gasteiger partial charge is 0.377 e. The van der Waals surface area contributed by atoms with Crippen LogP contribution >= 0.6 is 11.6 Å². The van der Waals surface area contributed by atoms with Crippen molar-refractivity contribution in [3.63, 3.8) is 0 Å². The van der Waals surface area contributed by atoms with E-state index in [4.69, 9.17) is 24.2 Å². The average Bonchev–Trinajstić information content (AvgIpc) is 2.50. The highest BCUT2D eigenvalue weighted by Crippen LogP contribution is 2.27. The molecule has 0 amide bonds. The summed E-state index contributed by atoms with van der Waals surface area (Å²) in [6.45, 7) is 3.83. The second kappa shape index (κ2) is 6.22. The zero-order valence-electron chi connectivity index (χ0n) is 12.6. The van der Waals surface area contributed by atoms with Crippen molar-refractivity contribution in [1.29, 1.82) is 0 Å². The average molecular weight is 315 g/mol. The molecule has 3 rings (SSSR count). The van der Waals surface area contributed by atoms with Crippen molar-refractivity contribution in [2.75, 3.05) is 18.6 Å². The number of rotatable bonds is 3. The molecule has 5 nitrogen and oxygen atoms in total. The third-order valence-electron chi connectivity index (χ3n) is 3.74. The molecule has 1 aliphatic rings. The first kappa shape index (κ1) is 15.2. The summed E-state index contributed by atoms with van der Waals surface area (Å²) in [5.41, 5.74) is 3.79. The van der Waals surface area contributed by atoms with E-state index < -0.39 is 0 Å². The van der Waals surface area contributed by atoms with Gasteiger partial charge in [-0.3, -0.25) is 4.98 Å². The van der Waals surface area contributed by atoms with E-state index in [1.165, 1.54) is 0 Å². The predicted molar refractivity (Wildman–Crippen MR) is 86.9 cm³/mol. The van der Waals surface area contributed by atoms with Gasteiger partial charge in [-0.15, -0.1) is 0 Å². The van der Waals surface area contributed by atoms with Crippen LogP contribution in [0.5, 0.6) is 0 Å². The lowest BCUT2D eigenvalue weighted by Crippen LogP contribution is -2.33. The van der Waals surface area contributed by atoms with Gasteiger partial charge in [0, 0.05) is 44.1 Å². The topological polar surface area (TPSA) is 51.1 Å². The molecule has 22 heavy (non-hydrogen) atoms. The molecule has 0 aliphatic carbocycles. The number of hydrogen-bond acceptors (Lipinski definition) is 5. The lowest BCUT2D eigenvalue weighted by molar-refractivity contribution is 0.178. The standard InChI is InChI=1S/C15H16BClN4O/c1-9-14(17)19-13(8-22-2)20-15(9)21-4-3-12-10(7-21)5-11(16)6-18-12/h5-6H,3-4,7-8H2,1-2H3. The van der Waals surface area contributed by atoms with E-state index in [0.29, 0.717) is 29.6 Å². The Bertz CT molecular complexity index is 710. The Hall–Kier alpha value is -1.66. The maximum Gasteiger partial charge on any atom is 0.158 e. The van der Waals surface area contributed by atoms with E-state index >= 15 is 0 Å². The zero-order chi connectivity index (χ0) is 15.7. The normalized spacial score (nSPS) is 14.0. The van der Waals surface area contributed by atoms with Gasteiger partial charge in [-0.2, -0.15) is 0 Å². The number of pyridine rings is 1. The van der Waals surface area contributed by atoms with Crippen molar-refractivity contribution in [2.45, 2.75) is 26.5 Å². The van der Waals surface area contributed by atoms with Crippen molar-refractivity contribution >= 4 is 30.7 Å². The zero-order valence-corrected chi connectivity index (χ0v) is 13.4. The van der Waals surface area contributed by atoms with Crippen LogP contribution in [0.4, 0.5) is 5.82 Å². The van der Waals surface area contributed by atoms with Crippen molar-refractivity contribution in [3.05, 3.63) is 40.1 Å². The summed E-state index contributed by atoms with van der Waals surface area (Å²) in [5.74, 6) is 1.43. The van der Waals surface area contributed by atoms with Gasteiger partial charge in [0.2, 0.25) is 0 Å². The Balaban J connectivity index is 1.95. The molecule has 3 heterocycles. The molecule has 2 aromatic heterocycles. The first-order valence-electron chi connectivity index (χ1n) is 7.08. The van der Waals surface area contributed by atoms with Crippen molar-refractivity contribution in [3.8, 4) is 0 Å². The summed E-state index contributed by atoms with van der Waals surface area (Å²) in [7, 11) is 7.45. The van der Waals surface area contributed by atoms with Gasteiger partial charge in [0.1, 0.15) is 25.4 Å². The number of fused-ring (bicyclic) bond motifs is 1. The molecule has 2 aromatic rings. The van der Waals surface area contributed by atoms with Crippen LogP contribution in [0.1, 0.15) is 22.6 Å². The van der Waals surface area contributed by atoms with Gasteiger partial charge in [0.05, 0.1) is 0 Å². The second-order valence-electron chi connectivity index (χ2n) is 5.36. The van der Waals surface area contributed by atoms with Crippen LogP contribution < -0.4 is 10.4 Å². The van der Waals surface area contributed by atoms with E-state index in [-0.39, 0.29) is 0 Å². The van der Waals surface area contributed by atoms with Crippen molar-refractivity contribution in [1.82, 2.24) is 15.0 Å². The monoisotopic (exact) mass is 314 g/mol. The fourth-order valence-electron chi connectivity index (χ4n) is 2.65. The van der Waals surface area contributed by atoms with Crippen LogP contribution in [0.25, 0.3) is 0 Å². The van der Waals surface area contributed by atoms with Crippen LogP contribution in [-0.4, -0.2) is 36.5 Å². The summed E-state index contributed by atoms with van der Waals surface area (Å²) < 4.78 is 5.11. The van der Waals surface area contributed by atoms with E-state index in [1.807, 2.05) is 13.0 Å². The fourth-order valence-corrected chi connectivity index (χ4v) is 2.83. The summed E-state index contributed by atoms with van der Waals surface area (Å²) in [4.78, 5) is 15.4. The Morgan fingerprint density at radius 3 is 3.00 bits per heavy atom. The first-order chi connectivity index (χ1) is 10.6. The number of anilines is 1. The molecule has 0 aromatic carbocycles. The fraction of sp³-hybridized carbons (Fsp3) is 0.400. The molecule has 0 fully saturated rings. The summed E-state index contributed by atoms with van der Waals surface area (Å²) in [5, 5.41) is 0.466. The second-order valence-corrected chi connectivity index (χ2v) is 5.72. The van der Waals surface area contributed by atoms with E-state index in [9.17, 15) is 0 Å². The number of ether oxygens (including phenoxy) is 1.